The quantitative estimate of drug-likeness (QED) is 0.651. The van der Waals surface area contributed by atoms with Crippen LogP contribution in [0.5, 0.6) is 5.88 Å². The molecule has 0 atom stereocenters. The van der Waals surface area contributed by atoms with Crippen LogP contribution in [0.1, 0.15) is 18.2 Å². The first kappa shape index (κ1) is 16.9. The summed E-state index contributed by atoms with van der Waals surface area (Å²) in [5.74, 6) is -1.11. The Morgan fingerprint density at radius 1 is 1.22 bits per heavy atom. The summed E-state index contributed by atoms with van der Waals surface area (Å²) in [4.78, 5) is 11.1. The first-order valence-corrected chi connectivity index (χ1v) is 6.81. The van der Waals surface area contributed by atoms with Gasteiger partial charge in [-0.1, -0.05) is 6.92 Å². The van der Waals surface area contributed by atoms with Gasteiger partial charge in [0.15, 0.2) is 11.6 Å². The van der Waals surface area contributed by atoms with Crippen molar-refractivity contribution in [1.29, 1.82) is 0 Å². The highest BCUT2D eigenvalue weighted by Crippen LogP contribution is 2.34. The van der Waals surface area contributed by atoms with Gasteiger partial charge in [-0.3, -0.25) is 0 Å². The smallest absolute Gasteiger partial charge is 0.421 e. The zero-order valence-corrected chi connectivity index (χ0v) is 12.2. The molecule has 0 amide bonds. The standard InChI is InChI=1S/C14H14F4N4O/c1-2-10-11(15)12(22-8-21-10)19-6-7-23-13-9(14(16,17)18)4-3-5-20-13/h3-5,8H,2,6-7H2,1H3,(H,19,21,22). The van der Waals surface area contributed by atoms with Crippen LogP contribution in [0, 0.1) is 5.82 Å². The molecule has 0 spiro atoms. The second-order valence-corrected chi connectivity index (χ2v) is 4.47. The van der Waals surface area contributed by atoms with E-state index >= 15 is 0 Å². The first-order chi connectivity index (χ1) is 10.9. The minimum atomic E-state index is -4.55. The summed E-state index contributed by atoms with van der Waals surface area (Å²) in [6.45, 7) is 1.67. The molecular formula is C14H14F4N4O. The van der Waals surface area contributed by atoms with Gasteiger partial charge in [0.25, 0.3) is 0 Å². The minimum absolute atomic E-state index is 0.0162. The first-order valence-electron chi connectivity index (χ1n) is 6.81. The van der Waals surface area contributed by atoms with Crippen molar-refractivity contribution in [1.82, 2.24) is 15.0 Å². The van der Waals surface area contributed by atoms with Crippen LogP contribution in [0.25, 0.3) is 0 Å². The van der Waals surface area contributed by atoms with E-state index in [1.165, 1.54) is 18.6 Å². The molecule has 2 heterocycles. The van der Waals surface area contributed by atoms with Crippen LogP contribution in [0.3, 0.4) is 0 Å². The zero-order chi connectivity index (χ0) is 16.9. The number of aromatic nitrogens is 3. The van der Waals surface area contributed by atoms with Gasteiger partial charge in [0.1, 0.15) is 18.5 Å². The highest BCUT2D eigenvalue weighted by molar-refractivity contribution is 5.37. The predicted octanol–water partition coefficient (Wildman–Crippen LogP) is 3.08. The van der Waals surface area contributed by atoms with E-state index in [-0.39, 0.29) is 24.7 Å². The molecule has 9 heteroatoms. The number of aryl methyl sites for hydroxylation is 1. The van der Waals surface area contributed by atoms with Crippen molar-refractivity contribution >= 4 is 5.82 Å². The molecule has 0 aliphatic rings. The van der Waals surface area contributed by atoms with Crippen LogP contribution in [0.4, 0.5) is 23.4 Å². The van der Waals surface area contributed by atoms with Gasteiger partial charge in [-0.2, -0.15) is 13.2 Å². The van der Waals surface area contributed by atoms with E-state index < -0.39 is 23.4 Å². The van der Waals surface area contributed by atoms with E-state index in [0.717, 1.165) is 6.07 Å². The Kier molecular flexibility index (Phi) is 5.30. The molecule has 23 heavy (non-hydrogen) atoms. The Morgan fingerprint density at radius 2 is 2.00 bits per heavy atom. The molecule has 2 aromatic rings. The number of alkyl halides is 3. The maximum atomic E-state index is 13.9. The molecule has 0 radical (unpaired) electrons. The Bertz CT molecular complexity index is 663. The van der Waals surface area contributed by atoms with Gasteiger partial charge >= 0.3 is 6.18 Å². The molecule has 2 aromatic heterocycles. The maximum Gasteiger partial charge on any atom is 0.421 e. The van der Waals surface area contributed by atoms with Gasteiger partial charge in [-0.15, -0.1) is 0 Å². The Labute approximate surface area is 129 Å². The molecule has 1 N–H and O–H groups in total. The Balaban J connectivity index is 1.94. The van der Waals surface area contributed by atoms with Gasteiger partial charge < -0.3 is 10.1 Å². The summed E-state index contributed by atoms with van der Waals surface area (Å²) in [5.41, 5.74) is -0.700. The molecular weight excluding hydrogens is 316 g/mol. The normalized spacial score (nSPS) is 11.3. The van der Waals surface area contributed by atoms with Crippen molar-refractivity contribution in [3.05, 3.63) is 41.7 Å². The van der Waals surface area contributed by atoms with Crippen molar-refractivity contribution in [2.24, 2.45) is 0 Å². The molecule has 0 bridgehead atoms. The van der Waals surface area contributed by atoms with E-state index in [1.807, 2.05) is 0 Å². The predicted molar refractivity (Wildman–Crippen MR) is 74.6 cm³/mol. The lowest BCUT2D eigenvalue weighted by Gasteiger charge is -2.13. The average molecular weight is 330 g/mol. The number of nitrogens with one attached hydrogen (secondary N) is 1. The molecule has 0 fully saturated rings. The number of pyridine rings is 1. The summed E-state index contributed by atoms with van der Waals surface area (Å²) in [6, 6.07) is 2.06. The summed E-state index contributed by atoms with van der Waals surface area (Å²) >= 11 is 0. The van der Waals surface area contributed by atoms with Crippen LogP contribution in [0.2, 0.25) is 0 Å². The van der Waals surface area contributed by atoms with Crippen molar-refractivity contribution in [3.63, 3.8) is 0 Å². The molecule has 5 nitrogen and oxygen atoms in total. The van der Waals surface area contributed by atoms with Crippen LogP contribution in [0.15, 0.2) is 24.7 Å². The molecule has 2 rings (SSSR count). The van der Waals surface area contributed by atoms with E-state index in [9.17, 15) is 17.6 Å². The van der Waals surface area contributed by atoms with Gasteiger partial charge in [-0.25, -0.2) is 19.3 Å². The van der Waals surface area contributed by atoms with Gasteiger partial charge in [0.05, 0.1) is 12.2 Å². The third-order valence-corrected chi connectivity index (χ3v) is 2.91. The Morgan fingerprint density at radius 3 is 2.70 bits per heavy atom. The molecule has 124 valence electrons. The van der Waals surface area contributed by atoms with Gasteiger partial charge in [-0.05, 0) is 18.6 Å². The average Bonchev–Trinajstić information content (AvgIpc) is 2.52. The van der Waals surface area contributed by atoms with E-state index in [4.69, 9.17) is 4.74 Å². The molecule has 0 unspecified atom stereocenters. The third-order valence-electron chi connectivity index (χ3n) is 2.91. The zero-order valence-electron chi connectivity index (χ0n) is 12.2. The fraction of sp³-hybridized carbons (Fsp3) is 0.357. The van der Waals surface area contributed by atoms with Crippen LogP contribution in [-0.4, -0.2) is 28.1 Å². The number of halogens is 4. The van der Waals surface area contributed by atoms with Crippen molar-refractivity contribution in [3.8, 4) is 5.88 Å². The number of hydrogen-bond donors (Lipinski definition) is 1. The van der Waals surface area contributed by atoms with Crippen molar-refractivity contribution in [2.45, 2.75) is 19.5 Å². The third kappa shape index (κ3) is 4.27. The molecule has 0 aliphatic carbocycles. The monoisotopic (exact) mass is 330 g/mol. The van der Waals surface area contributed by atoms with E-state index in [2.05, 4.69) is 20.3 Å². The molecule has 0 aliphatic heterocycles. The summed E-state index contributed by atoms with van der Waals surface area (Å²) in [5, 5.41) is 2.66. The van der Waals surface area contributed by atoms with E-state index in [1.54, 1.807) is 6.92 Å². The number of rotatable bonds is 6. The maximum absolute atomic E-state index is 13.9. The fourth-order valence-electron chi connectivity index (χ4n) is 1.81. The lowest BCUT2D eigenvalue weighted by molar-refractivity contribution is -0.139. The largest absolute Gasteiger partial charge is 0.475 e. The summed E-state index contributed by atoms with van der Waals surface area (Å²) in [7, 11) is 0. The minimum Gasteiger partial charge on any atom is -0.475 e. The second-order valence-electron chi connectivity index (χ2n) is 4.47. The number of hydrogen-bond acceptors (Lipinski definition) is 5. The van der Waals surface area contributed by atoms with Gasteiger partial charge in [0.2, 0.25) is 5.88 Å². The number of ether oxygens (including phenoxy) is 1. The molecule has 0 saturated heterocycles. The SMILES string of the molecule is CCc1ncnc(NCCOc2ncccc2C(F)(F)F)c1F. The summed E-state index contributed by atoms with van der Waals surface area (Å²) < 4.78 is 57.1. The van der Waals surface area contributed by atoms with Crippen molar-refractivity contribution < 1.29 is 22.3 Å². The van der Waals surface area contributed by atoms with Crippen LogP contribution < -0.4 is 10.1 Å². The topological polar surface area (TPSA) is 59.9 Å². The molecule has 0 aromatic carbocycles. The number of anilines is 1. The van der Waals surface area contributed by atoms with E-state index in [0.29, 0.717) is 6.42 Å². The van der Waals surface area contributed by atoms with Crippen molar-refractivity contribution in [2.75, 3.05) is 18.5 Å². The Hall–Kier alpha value is -2.45. The second kappa shape index (κ2) is 7.21. The molecule has 0 saturated carbocycles. The van der Waals surface area contributed by atoms with Crippen LogP contribution >= 0.6 is 0 Å². The van der Waals surface area contributed by atoms with Crippen LogP contribution in [-0.2, 0) is 12.6 Å². The van der Waals surface area contributed by atoms with Gasteiger partial charge in [0, 0.05) is 6.20 Å². The lowest BCUT2D eigenvalue weighted by atomic mass is 10.2. The lowest BCUT2D eigenvalue weighted by Crippen LogP contribution is -2.17. The number of nitrogens with zero attached hydrogens (tertiary/aromatic N) is 3. The highest BCUT2D eigenvalue weighted by Gasteiger charge is 2.34. The highest BCUT2D eigenvalue weighted by atomic mass is 19.4. The summed E-state index contributed by atoms with van der Waals surface area (Å²) in [6.07, 6.45) is -1.73. The fourth-order valence-corrected chi connectivity index (χ4v) is 1.81.